The summed E-state index contributed by atoms with van der Waals surface area (Å²) >= 11 is 0. The van der Waals surface area contributed by atoms with Crippen molar-refractivity contribution in [1.29, 1.82) is 0 Å². The van der Waals surface area contributed by atoms with E-state index in [1.807, 2.05) is 6.08 Å². The number of ketones is 2. The number of aliphatic hydroxyl groups excluding tert-OH is 1. The number of allylic oxidation sites excluding steroid dienone is 4. The number of carbonyl (C=O) groups is 2. The third kappa shape index (κ3) is 2.90. The van der Waals surface area contributed by atoms with Crippen molar-refractivity contribution in [2.45, 2.75) is 96.6 Å². The Balaban J connectivity index is 1.37. The summed E-state index contributed by atoms with van der Waals surface area (Å²) in [5.41, 5.74) is -0.215. The van der Waals surface area contributed by atoms with E-state index in [1.165, 1.54) is 24.8 Å². The van der Waals surface area contributed by atoms with Crippen molar-refractivity contribution in [2.75, 3.05) is 6.61 Å². The second kappa shape index (κ2) is 7.85. The van der Waals surface area contributed by atoms with E-state index in [4.69, 9.17) is 9.47 Å². The maximum Gasteiger partial charge on any atom is 0.193 e. The molecule has 6 rings (SSSR count). The molecule has 0 aromatic rings. The van der Waals surface area contributed by atoms with Crippen molar-refractivity contribution in [3.63, 3.8) is 0 Å². The van der Waals surface area contributed by atoms with E-state index in [-0.39, 0.29) is 34.8 Å². The van der Waals surface area contributed by atoms with Gasteiger partial charge in [0.2, 0.25) is 0 Å². The van der Waals surface area contributed by atoms with Crippen LogP contribution in [0.4, 0.5) is 0 Å². The smallest absolute Gasteiger partial charge is 0.193 e. The van der Waals surface area contributed by atoms with Crippen molar-refractivity contribution < 1.29 is 24.2 Å². The van der Waals surface area contributed by atoms with E-state index >= 15 is 0 Å². The second-order valence-electron chi connectivity index (χ2n) is 12.7. The summed E-state index contributed by atoms with van der Waals surface area (Å²) in [4.78, 5) is 25.7. The number of Topliss-reactive ketones (excluding diaryl/α,β-unsaturated/α-hetero) is 1. The molecular weight excluding hydrogens is 428 g/mol. The Kier molecular flexibility index (Phi) is 5.34. The van der Waals surface area contributed by atoms with Gasteiger partial charge in [0.1, 0.15) is 6.61 Å². The molecule has 1 saturated heterocycles. The van der Waals surface area contributed by atoms with E-state index in [2.05, 4.69) is 26.8 Å². The number of aliphatic hydroxyl groups is 1. The highest BCUT2D eigenvalue weighted by Gasteiger charge is 2.75. The second-order valence-corrected chi connectivity index (χ2v) is 12.7. The summed E-state index contributed by atoms with van der Waals surface area (Å²) in [5.74, 6) is 1.84. The Morgan fingerprint density at radius 3 is 2.68 bits per heavy atom. The first kappa shape index (κ1) is 23.1. The first-order valence-corrected chi connectivity index (χ1v) is 13.7. The third-order valence-electron chi connectivity index (χ3n) is 11.2. The van der Waals surface area contributed by atoms with Gasteiger partial charge in [-0.2, -0.15) is 0 Å². The molecule has 0 aromatic carbocycles. The fraction of sp³-hybridized carbons (Fsp3) is 0.793. The van der Waals surface area contributed by atoms with Crippen LogP contribution in [-0.4, -0.2) is 41.3 Å². The Hall–Kier alpha value is -1.30. The molecule has 6 aliphatic rings. The van der Waals surface area contributed by atoms with Crippen LogP contribution in [0.5, 0.6) is 0 Å². The molecule has 186 valence electrons. The van der Waals surface area contributed by atoms with Crippen molar-refractivity contribution in [2.24, 2.45) is 40.4 Å². The fourth-order valence-corrected chi connectivity index (χ4v) is 9.89. The van der Waals surface area contributed by atoms with Crippen LogP contribution >= 0.6 is 0 Å². The number of rotatable bonds is 3. The molecule has 1 N–H and O–H groups in total. The zero-order valence-electron chi connectivity index (χ0n) is 20.9. The highest BCUT2D eigenvalue weighted by Crippen LogP contribution is 2.71. The van der Waals surface area contributed by atoms with Crippen LogP contribution in [-0.2, 0) is 19.1 Å². The van der Waals surface area contributed by atoms with Gasteiger partial charge in [-0.25, -0.2) is 0 Å². The lowest BCUT2D eigenvalue weighted by Crippen LogP contribution is -2.62. The zero-order valence-corrected chi connectivity index (χ0v) is 20.9. The minimum atomic E-state index is -1.04. The molecule has 4 saturated carbocycles. The van der Waals surface area contributed by atoms with Crippen molar-refractivity contribution >= 4 is 11.6 Å². The molecule has 5 heteroatoms. The lowest BCUT2D eigenvalue weighted by molar-refractivity contribution is -0.202. The molecule has 0 bridgehead atoms. The summed E-state index contributed by atoms with van der Waals surface area (Å²) in [6, 6.07) is 0. The highest BCUT2D eigenvalue weighted by atomic mass is 16.7. The summed E-state index contributed by atoms with van der Waals surface area (Å²) in [5, 5.41) is 10.1. The van der Waals surface area contributed by atoms with Crippen molar-refractivity contribution in [3.05, 3.63) is 23.8 Å². The number of ether oxygens (including phenoxy) is 2. The van der Waals surface area contributed by atoms with Gasteiger partial charge in [0.25, 0.3) is 0 Å². The third-order valence-corrected chi connectivity index (χ3v) is 11.2. The van der Waals surface area contributed by atoms with Gasteiger partial charge in [0.15, 0.2) is 23.5 Å². The molecule has 5 fully saturated rings. The summed E-state index contributed by atoms with van der Waals surface area (Å²) in [7, 11) is 0. The van der Waals surface area contributed by atoms with Gasteiger partial charge >= 0.3 is 0 Å². The Bertz CT molecular complexity index is 946. The first-order valence-electron chi connectivity index (χ1n) is 13.7. The molecule has 5 aliphatic carbocycles. The zero-order chi connectivity index (χ0) is 23.9. The number of fused-ring (bicyclic) bond motifs is 7. The lowest BCUT2D eigenvalue weighted by atomic mass is 9.44. The number of hydrogen-bond donors (Lipinski definition) is 1. The largest absolute Gasteiger partial charge is 0.388 e. The van der Waals surface area contributed by atoms with Gasteiger partial charge < -0.3 is 14.6 Å². The van der Waals surface area contributed by atoms with E-state index in [0.29, 0.717) is 29.6 Å². The first-order chi connectivity index (χ1) is 16.2. The maximum absolute atomic E-state index is 13.6. The van der Waals surface area contributed by atoms with E-state index < -0.39 is 12.2 Å². The van der Waals surface area contributed by atoms with Gasteiger partial charge in [-0.05, 0) is 74.3 Å². The highest BCUT2D eigenvalue weighted by molar-refractivity contribution is 6.01. The fourth-order valence-electron chi connectivity index (χ4n) is 9.89. The van der Waals surface area contributed by atoms with E-state index in [9.17, 15) is 14.7 Å². The van der Waals surface area contributed by atoms with E-state index in [1.54, 1.807) is 6.08 Å². The molecule has 0 amide bonds. The molecule has 9 unspecified atom stereocenters. The topological polar surface area (TPSA) is 72.8 Å². The molecule has 9 atom stereocenters. The molecule has 1 heterocycles. The SMILES string of the molecule is CC1CC2(C)C(CC3OC(C4CCCCC4)OC32C(=O)CO)C2CCC3=CC(=O)C=CC3(C)C12. The van der Waals surface area contributed by atoms with Crippen LogP contribution in [0.3, 0.4) is 0 Å². The normalized spacial score (nSPS) is 50.2. The number of hydrogen-bond acceptors (Lipinski definition) is 5. The van der Waals surface area contributed by atoms with Gasteiger partial charge in [-0.3, -0.25) is 9.59 Å². The quantitative estimate of drug-likeness (QED) is 0.646. The van der Waals surface area contributed by atoms with Crippen LogP contribution in [0.25, 0.3) is 0 Å². The van der Waals surface area contributed by atoms with Crippen molar-refractivity contribution in [3.8, 4) is 0 Å². The molecule has 0 spiro atoms. The van der Waals surface area contributed by atoms with Crippen LogP contribution in [0.1, 0.15) is 78.6 Å². The predicted octanol–water partition coefficient (Wildman–Crippen LogP) is 4.77. The predicted molar refractivity (Wildman–Crippen MR) is 128 cm³/mol. The molecule has 1 aliphatic heterocycles. The minimum Gasteiger partial charge on any atom is -0.388 e. The molecule has 0 aromatic heterocycles. The van der Waals surface area contributed by atoms with E-state index in [0.717, 1.165) is 38.5 Å². The molecule has 5 nitrogen and oxygen atoms in total. The van der Waals surface area contributed by atoms with Crippen LogP contribution in [0, 0.1) is 40.4 Å². The van der Waals surface area contributed by atoms with Crippen LogP contribution < -0.4 is 0 Å². The summed E-state index contributed by atoms with van der Waals surface area (Å²) in [6.07, 6.45) is 14.8. The van der Waals surface area contributed by atoms with Crippen LogP contribution in [0.15, 0.2) is 23.8 Å². The molecular formula is C29H40O5. The molecule has 34 heavy (non-hydrogen) atoms. The van der Waals surface area contributed by atoms with Gasteiger partial charge in [0.05, 0.1) is 6.10 Å². The average molecular weight is 469 g/mol. The number of carbonyl (C=O) groups excluding carboxylic acids is 2. The van der Waals surface area contributed by atoms with Crippen molar-refractivity contribution in [1.82, 2.24) is 0 Å². The Morgan fingerprint density at radius 1 is 1.18 bits per heavy atom. The standard InChI is InChI=1S/C29H40O5/c1-17-15-28(3)22(21-10-9-19-13-20(31)11-12-27(19,2)25(17)21)14-24-29(28,23(32)16-30)34-26(33-24)18-7-5-4-6-8-18/h11-13,17-18,21-22,24-26,30H,4-10,14-16H2,1-3H3. The lowest BCUT2D eigenvalue weighted by Gasteiger charge is -2.60. The minimum absolute atomic E-state index is 0.101. The molecule has 0 radical (unpaired) electrons. The maximum atomic E-state index is 13.6. The van der Waals surface area contributed by atoms with Gasteiger partial charge in [0, 0.05) is 16.7 Å². The average Bonchev–Trinajstić information content (AvgIpc) is 3.32. The van der Waals surface area contributed by atoms with Gasteiger partial charge in [-0.1, -0.05) is 51.7 Å². The van der Waals surface area contributed by atoms with Crippen LogP contribution in [0.2, 0.25) is 0 Å². The van der Waals surface area contributed by atoms with Gasteiger partial charge in [-0.15, -0.1) is 0 Å². The summed E-state index contributed by atoms with van der Waals surface area (Å²) < 4.78 is 13.5. The summed E-state index contributed by atoms with van der Waals surface area (Å²) in [6.45, 7) is 6.42. The Labute approximate surface area is 203 Å². The Morgan fingerprint density at radius 2 is 1.94 bits per heavy atom. The monoisotopic (exact) mass is 468 g/mol.